The number of carbonyl (C=O) groups is 1. The average Bonchev–Trinajstić information content (AvgIpc) is 2.66. The second-order valence-corrected chi connectivity index (χ2v) is 9.97. The van der Waals surface area contributed by atoms with Gasteiger partial charge in [-0.15, -0.1) is 0 Å². The third-order valence-corrected chi connectivity index (χ3v) is 6.17. The minimum Gasteiger partial charge on any atom is -0.497 e. The number of nitrogens with zero attached hydrogens (tertiary/aromatic N) is 1. The summed E-state index contributed by atoms with van der Waals surface area (Å²) < 4.78 is 31.3. The first-order valence-corrected chi connectivity index (χ1v) is 11.9. The Balaban J connectivity index is 2.31. The van der Waals surface area contributed by atoms with Crippen LogP contribution in [-0.4, -0.2) is 33.7 Å². The minimum atomic E-state index is -3.71. The molecule has 30 heavy (non-hydrogen) atoms. The van der Waals surface area contributed by atoms with E-state index in [1.165, 1.54) is 6.07 Å². The number of sulfonamides is 1. The van der Waals surface area contributed by atoms with Gasteiger partial charge in [0, 0.05) is 5.02 Å². The van der Waals surface area contributed by atoms with Crippen molar-refractivity contribution >= 4 is 33.2 Å². The van der Waals surface area contributed by atoms with E-state index >= 15 is 0 Å². The van der Waals surface area contributed by atoms with Crippen LogP contribution in [0.25, 0.3) is 0 Å². The van der Waals surface area contributed by atoms with E-state index in [4.69, 9.17) is 16.3 Å². The van der Waals surface area contributed by atoms with Crippen LogP contribution >= 0.6 is 11.6 Å². The van der Waals surface area contributed by atoms with Gasteiger partial charge in [0.1, 0.15) is 11.8 Å². The molecule has 0 radical (unpaired) electrons. The smallest absolute Gasteiger partial charge is 0.244 e. The zero-order chi connectivity index (χ0) is 22.5. The second-order valence-electron chi connectivity index (χ2n) is 7.68. The molecule has 2 atom stereocenters. The maximum Gasteiger partial charge on any atom is 0.244 e. The molecule has 0 heterocycles. The van der Waals surface area contributed by atoms with Gasteiger partial charge in [0.15, 0.2) is 0 Å². The molecule has 2 rings (SSSR count). The summed E-state index contributed by atoms with van der Waals surface area (Å²) in [5, 5.41) is 3.41. The summed E-state index contributed by atoms with van der Waals surface area (Å²) in [6, 6.07) is 12.7. The number of ether oxygens (including phenoxy) is 1. The molecule has 6 nitrogen and oxygen atoms in total. The van der Waals surface area contributed by atoms with E-state index in [1.54, 1.807) is 32.2 Å². The SMILES string of the molecule is COc1ccc(C(CC(C)C)NC(=O)C(C)N(c2cccc(Cl)c2)S(C)(=O)=O)cc1. The van der Waals surface area contributed by atoms with Crippen LogP contribution in [0.15, 0.2) is 48.5 Å². The minimum absolute atomic E-state index is 0.258. The molecule has 8 heteroatoms. The second kappa shape index (κ2) is 10.2. The number of hydrogen-bond acceptors (Lipinski definition) is 4. The van der Waals surface area contributed by atoms with Crippen LogP contribution in [-0.2, 0) is 14.8 Å². The lowest BCUT2D eigenvalue weighted by Gasteiger charge is -2.30. The highest BCUT2D eigenvalue weighted by Gasteiger charge is 2.30. The molecule has 2 aromatic carbocycles. The molecule has 0 spiro atoms. The number of hydrogen-bond donors (Lipinski definition) is 1. The van der Waals surface area contributed by atoms with E-state index in [0.717, 1.165) is 21.9 Å². The average molecular weight is 453 g/mol. The Morgan fingerprint density at radius 3 is 2.27 bits per heavy atom. The molecule has 0 aliphatic carbocycles. The number of benzene rings is 2. The Bertz CT molecular complexity index is 961. The molecular formula is C22H29ClN2O4S. The Hall–Kier alpha value is -2.25. The van der Waals surface area contributed by atoms with Gasteiger partial charge >= 0.3 is 0 Å². The fourth-order valence-electron chi connectivity index (χ4n) is 3.30. The van der Waals surface area contributed by atoms with Crippen molar-refractivity contribution in [3.05, 3.63) is 59.1 Å². The molecule has 2 aromatic rings. The number of carbonyl (C=O) groups excluding carboxylic acids is 1. The summed E-state index contributed by atoms with van der Waals surface area (Å²) in [4.78, 5) is 13.1. The Kier molecular flexibility index (Phi) is 8.15. The highest BCUT2D eigenvalue weighted by Crippen LogP contribution is 2.27. The van der Waals surface area contributed by atoms with E-state index in [1.807, 2.05) is 24.3 Å². The van der Waals surface area contributed by atoms with Gasteiger partial charge in [0.2, 0.25) is 15.9 Å². The largest absolute Gasteiger partial charge is 0.497 e. The van der Waals surface area contributed by atoms with E-state index in [-0.39, 0.29) is 11.9 Å². The van der Waals surface area contributed by atoms with Crippen LogP contribution < -0.4 is 14.4 Å². The van der Waals surface area contributed by atoms with Crippen LogP contribution in [0.2, 0.25) is 5.02 Å². The molecule has 2 unspecified atom stereocenters. The van der Waals surface area contributed by atoms with Crippen LogP contribution in [0.3, 0.4) is 0 Å². The fraction of sp³-hybridized carbons (Fsp3) is 0.409. The van der Waals surface area contributed by atoms with Crippen molar-refractivity contribution in [3.63, 3.8) is 0 Å². The van der Waals surface area contributed by atoms with E-state index in [9.17, 15) is 13.2 Å². The Morgan fingerprint density at radius 1 is 1.13 bits per heavy atom. The maximum atomic E-state index is 13.1. The van der Waals surface area contributed by atoms with E-state index < -0.39 is 16.1 Å². The summed E-state index contributed by atoms with van der Waals surface area (Å²) in [6.45, 7) is 5.71. The van der Waals surface area contributed by atoms with Crippen molar-refractivity contribution in [2.45, 2.75) is 39.3 Å². The predicted molar refractivity (Wildman–Crippen MR) is 122 cm³/mol. The lowest BCUT2D eigenvalue weighted by Crippen LogP contribution is -2.48. The monoisotopic (exact) mass is 452 g/mol. The van der Waals surface area contributed by atoms with Gasteiger partial charge in [0.25, 0.3) is 0 Å². The lowest BCUT2D eigenvalue weighted by molar-refractivity contribution is -0.122. The molecule has 0 bridgehead atoms. The van der Waals surface area contributed by atoms with Crippen molar-refractivity contribution < 1.29 is 17.9 Å². The Morgan fingerprint density at radius 2 is 1.77 bits per heavy atom. The van der Waals surface area contributed by atoms with E-state index in [0.29, 0.717) is 23.0 Å². The van der Waals surface area contributed by atoms with Gasteiger partial charge in [-0.1, -0.05) is 43.6 Å². The normalized spacial score (nSPS) is 13.6. The summed E-state index contributed by atoms with van der Waals surface area (Å²) in [5.74, 6) is 0.666. The molecule has 0 saturated heterocycles. The van der Waals surface area contributed by atoms with Gasteiger partial charge in [-0.3, -0.25) is 9.10 Å². The first-order valence-electron chi connectivity index (χ1n) is 9.72. The van der Waals surface area contributed by atoms with E-state index in [2.05, 4.69) is 19.2 Å². The number of halogens is 1. The first-order chi connectivity index (χ1) is 14.0. The third-order valence-electron chi connectivity index (χ3n) is 4.69. The topological polar surface area (TPSA) is 75.7 Å². The zero-order valence-corrected chi connectivity index (χ0v) is 19.5. The molecule has 0 saturated carbocycles. The van der Waals surface area contributed by atoms with Gasteiger partial charge in [-0.25, -0.2) is 8.42 Å². The van der Waals surface area contributed by atoms with Crippen molar-refractivity contribution in [1.82, 2.24) is 5.32 Å². The highest BCUT2D eigenvalue weighted by molar-refractivity contribution is 7.92. The number of anilines is 1. The van der Waals surface area contributed by atoms with Crippen molar-refractivity contribution in [1.29, 1.82) is 0 Å². The van der Waals surface area contributed by atoms with Gasteiger partial charge in [-0.2, -0.15) is 0 Å². The number of methoxy groups -OCH3 is 1. The summed E-state index contributed by atoms with van der Waals surface area (Å²) in [6.07, 6.45) is 1.79. The fourth-order valence-corrected chi connectivity index (χ4v) is 4.65. The summed E-state index contributed by atoms with van der Waals surface area (Å²) in [5.41, 5.74) is 1.27. The van der Waals surface area contributed by atoms with Crippen molar-refractivity contribution in [2.24, 2.45) is 5.92 Å². The molecule has 0 fully saturated rings. The molecule has 0 aliphatic heterocycles. The molecule has 1 amide bonds. The van der Waals surface area contributed by atoms with Gasteiger partial charge < -0.3 is 10.1 Å². The van der Waals surface area contributed by atoms with Crippen LogP contribution in [0.1, 0.15) is 38.8 Å². The van der Waals surface area contributed by atoms with Crippen LogP contribution in [0, 0.1) is 5.92 Å². The highest BCUT2D eigenvalue weighted by atomic mass is 35.5. The first kappa shape index (κ1) is 24.0. The Labute approximate surface area is 184 Å². The standard InChI is InChI=1S/C22H29ClN2O4S/c1-15(2)13-21(17-9-11-20(29-4)12-10-17)24-22(26)16(3)25(30(5,27)28)19-8-6-7-18(23)14-19/h6-12,14-16,21H,13H2,1-5H3,(H,24,26). The molecule has 0 aliphatic rings. The van der Waals surface area contributed by atoms with Gasteiger partial charge in [0.05, 0.1) is 25.1 Å². The van der Waals surface area contributed by atoms with Crippen molar-refractivity contribution in [3.8, 4) is 5.75 Å². The number of rotatable bonds is 9. The lowest BCUT2D eigenvalue weighted by atomic mass is 9.96. The predicted octanol–water partition coefficient (Wildman–Crippen LogP) is 4.41. The molecule has 1 N–H and O–H groups in total. The maximum absolute atomic E-state index is 13.1. The van der Waals surface area contributed by atoms with Crippen LogP contribution in [0.5, 0.6) is 5.75 Å². The molecular weight excluding hydrogens is 424 g/mol. The molecule has 0 aromatic heterocycles. The number of nitrogens with one attached hydrogen (secondary N) is 1. The summed E-state index contributed by atoms with van der Waals surface area (Å²) in [7, 11) is -2.12. The third kappa shape index (κ3) is 6.37. The van der Waals surface area contributed by atoms with Gasteiger partial charge in [-0.05, 0) is 55.2 Å². The summed E-state index contributed by atoms with van der Waals surface area (Å²) >= 11 is 6.04. The van der Waals surface area contributed by atoms with Crippen LogP contribution in [0.4, 0.5) is 5.69 Å². The quantitative estimate of drug-likeness (QED) is 0.611. The van der Waals surface area contributed by atoms with Crippen molar-refractivity contribution in [2.75, 3.05) is 17.7 Å². The number of amides is 1. The zero-order valence-electron chi connectivity index (χ0n) is 17.9. The molecule has 164 valence electrons.